The smallest absolute Gasteiger partial charge is 0.183 e. The van der Waals surface area contributed by atoms with Crippen molar-refractivity contribution in [3.63, 3.8) is 0 Å². The third-order valence-electron chi connectivity index (χ3n) is 5.23. The van der Waals surface area contributed by atoms with Crippen molar-refractivity contribution in [1.29, 1.82) is 0 Å². The zero-order valence-electron chi connectivity index (χ0n) is 14.8. The molecule has 0 N–H and O–H groups in total. The van der Waals surface area contributed by atoms with Gasteiger partial charge < -0.3 is 4.90 Å². The standard InChI is InChI=1S/C18H19N5O2S2/c24-27(25)9-7-23(8-10-27)17-15-12-3-1-2-4-14(12)26-18(15)22-16(21-17)13-11-19-5-6-20-13/h5-6,11H,1-4,7-10H2. The Hall–Kier alpha value is -2.13. The third-order valence-corrected chi connectivity index (χ3v) is 8.03. The van der Waals surface area contributed by atoms with Crippen LogP contribution in [0.3, 0.4) is 0 Å². The molecule has 0 bridgehead atoms. The second-order valence-electron chi connectivity index (χ2n) is 6.99. The number of fused-ring (bicyclic) bond motifs is 3. The van der Waals surface area contributed by atoms with Gasteiger partial charge in [0.15, 0.2) is 15.7 Å². The number of aryl methyl sites for hydroxylation is 2. The predicted molar refractivity (Wildman–Crippen MR) is 106 cm³/mol. The van der Waals surface area contributed by atoms with Crippen LogP contribution in [0.1, 0.15) is 23.3 Å². The molecule has 27 heavy (non-hydrogen) atoms. The highest BCUT2D eigenvalue weighted by Gasteiger charge is 2.28. The minimum atomic E-state index is -2.95. The van der Waals surface area contributed by atoms with Gasteiger partial charge in [-0.1, -0.05) is 0 Å². The van der Waals surface area contributed by atoms with Crippen molar-refractivity contribution in [2.24, 2.45) is 0 Å². The van der Waals surface area contributed by atoms with Gasteiger partial charge in [-0.25, -0.2) is 23.4 Å². The van der Waals surface area contributed by atoms with Gasteiger partial charge in [-0.15, -0.1) is 11.3 Å². The molecule has 0 amide bonds. The topological polar surface area (TPSA) is 88.9 Å². The Morgan fingerprint density at radius 3 is 2.63 bits per heavy atom. The maximum absolute atomic E-state index is 11.9. The van der Waals surface area contributed by atoms with Crippen molar-refractivity contribution in [3.05, 3.63) is 29.0 Å². The lowest BCUT2D eigenvalue weighted by Crippen LogP contribution is -2.41. The van der Waals surface area contributed by atoms with E-state index < -0.39 is 9.84 Å². The molecule has 1 fully saturated rings. The number of aromatic nitrogens is 4. The quantitative estimate of drug-likeness (QED) is 0.651. The Morgan fingerprint density at radius 2 is 1.85 bits per heavy atom. The zero-order chi connectivity index (χ0) is 18.4. The lowest BCUT2D eigenvalue weighted by molar-refractivity contribution is 0.586. The van der Waals surface area contributed by atoms with Gasteiger partial charge in [0.25, 0.3) is 0 Å². The van der Waals surface area contributed by atoms with Gasteiger partial charge in [0.1, 0.15) is 16.3 Å². The fraction of sp³-hybridized carbons (Fsp3) is 0.444. The van der Waals surface area contributed by atoms with Gasteiger partial charge in [-0.05, 0) is 31.2 Å². The van der Waals surface area contributed by atoms with Crippen LogP contribution in [-0.4, -0.2) is 52.9 Å². The molecule has 3 aromatic heterocycles. The summed E-state index contributed by atoms with van der Waals surface area (Å²) in [6.07, 6.45) is 9.45. The summed E-state index contributed by atoms with van der Waals surface area (Å²) in [4.78, 5) is 22.6. The maximum atomic E-state index is 11.9. The largest absolute Gasteiger partial charge is 0.354 e. The van der Waals surface area contributed by atoms with Crippen LogP contribution >= 0.6 is 11.3 Å². The van der Waals surface area contributed by atoms with Gasteiger partial charge >= 0.3 is 0 Å². The van der Waals surface area contributed by atoms with E-state index in [1.807, 2.05) is 0 Å². The van der Waals surface area contributed by atoms with E-state index in [4.69, 9.17) is 9.97 Å². The van der Waals surface area contributed by atoms with E-state index in [9.17, 15) is 8.42 Å². The number of anilines is 1. The highest BCUT2D eigenvalue weighted by Crippen LogP contribution is 2.40. The summed E-state index contributed by atoms with van der Waals surface area (Å²) < 4.78 is 23.8. The summed E-state index contributed by atoms with van der Waals surface area (Å²) in [5.41, 5.74) is 1.99. The monoisotopic (exact) mass is 401 g/mol. The van der Waals surface area contributed by atoms with Crippen LogP contribution in [0.25, 0.3) is 21.7 Å². The molecule has 0 saturated carbocycles. The van der Waals surface area contributed by atoms with Crippen molar-refractivity contribution in [1.82, 2.24) is 19.9 Å². The van der Waals surface area contributed by atoms with E-state index in [0.717, 1.165) is 28.9 Å². The van der Waals surface area contributed by atoms with Gasteiger partial charge in [0.05, 0.1) is 23.1 Å². The molecular formula is C18H19N5O2S2. The number of hydrogen-bond donors (Lipinski definition) is 0. The number of rotatable bonds is 2. The summed E-state index contributed by atoms with van der Waals surface area (Å²) in [6.45, 7) is 0.942. The number of thiophene rings is 1. The molecule has 1 aliphatic carbocycles. The fourth-order valence-corrected chi connectivity index (χ4v) is 6.28. The van der Waals surface area contributed by atoms with Crippen LogP contribution in [0, 0.1) is 0 Å². The van der Waals surface area contributed by atoms with Crippen molar-refractivity contribution >= 4 is 37.2 Å². The average Bonchev–Trinajstić information content (AvgIpc) is 3.06. The van der Waals surface area contributed by atoms with Crippen LogP contribution < -0.4 is 4.90 Å². The molecular weight excluding hydrogens is 382 g/mol. The fourth-order valence-electron chi connectivity index (χ4n) is 3.82. The molecule has 0 aromatic carbocycles. The Morgan fingerprint density at radius 1 is 1.04 bits per heavy atom. The Bertz CT molecular complexity index is 1100. The SMILES string of the molecule is O=S1(=O)CCN(c2nc(-c3cnccn3)nc3sc4c(c23)CCCC4)CC1. The summed E-state index contributed by atoms with van der Waals surface area (Å²) in [7, 11) is -2.95. The molecule has 0 atom stereocenters. The van der Waals surface area contributed by atoms with E-state index >= 15 is 0 Å². The average molecular weight is 402 g/mol. The summed E-state index contributed by atoms with van der Waals surface area (Å²) in [6, 6.07) is 0. The first-order chi connectivity index (χ1) is 13.1. The molecule has 0 radical (unpaired) electrons. The van der Waals surface area contributed by atoms with Crippen LogP contribution in [-0.2, 0) is 22.7 Å². The molecule has 1 aliphatic heterocycles. The molecule has 4 heterocycles. The Balaban J connectivity index is 1.69. The van der Waals surface area contributed by atoms with E-state index in [0.29, 0.717) is 24.6 Å². The predicted octanol–water partition coefficient (Wildman–Crippen LogP) is 2.26. The molecule has 1 saturated heterocycles. The van der Waals surface area contributed by atoms with E-state index in [1.165, 1.54) is 23.3 Å². The summed E-state index contributed by atoms with van der Waals surface area (Å²) in [5, 5.41) is 1.11. The molecule has 0 unspecified atom stereocenters. The minimum Gasteiger partial charge on any atom is -0.354 e. The van der Waals surface area contributed by atoms with E-state index in [1.54, 1.807) is 29.9 Å². The van der Waals surface area contributed by atoms with Gasteiger partial charge in [0, 0.05) is 30.4 Å². The van der Waals surface area contributed by atoms with E-state index in [2.05, 4.69) is 14.9 Å². The van der Waals surface area contributed by atoms with Crippen molar-refractivity contribution in [3.8, 4) is 11.5 Å². The van der Waals surface area contributed by atoms with Crippen molar-refractivity contribution in [2.45, 2.75) is 25.7 Å². The molecule has 140 valence electrons. The first kappa shape index (κ1) is 17.0. The minimum absolute atomic E-state index is 0.172. The number of nitrogens with zero attached hydrogens (tertiary/aromatic N) is 5. The number of sulfone groups is 1. The highest BCUT2D eigenvalue weighted by molar-refractivity contribution is 7.91. The third kappa shape index (κ3) is 3.08. The van der Waals surface area contributed by atoms with Gasteiger partial charge in [0.2, 0.25) is 0 Å². The van der Waals surface area contributed by atoms with Crippen molar-refractivity contribution in [2.75, 3.05) is 29.5 Å². The first-order valence-corrected chi connectivity index (χ1v) is 11.8. The van der Waals surface area contributed by atoms with Crippen LogP contribution in [0.2, 0.25) is 0 Å². The van der Waals surface area contributed by atoms with E-state index in [-0.39, 0.29) is 11.5 Å². The number of hydrogen-bond acceptors (Lipinski definition) is 8. The van der Waals surface area contributed by atoms with Crippen molar-refractivity contribution < 1.29 is 8.42 Å². The molecule has 0 spiro atoms. The van der Waals surface area contributed by atoms with Crippen LogP contribution in [0.4, 0.5) is 5.82 Å². The molecule has 9 heteroatoms. The van der Waals surface area contributed by atoms with Gasteiger partial charge in [-0.3, -0.25) is 4.98 Å². The zero-order valence-corrected chi connectivity index (χ0v) is 16.4. The lowest BCUT2D eigenvalue weighted by Gasteiger charge is -2.29. The second-order valence-corrected chi connectivity index (χ2v) is 10.4. The second kappa shape index (κ2) is 6.49. The molecule has 3 aromatic rings. The van der Waals surface area contributed by atoms with Crippen LogP contribution in [0.15, 0.2) is 18.6 Å². The molecule has 2 aliphatic rings. The Kier molecular flexibility index (Phi) is 4.08. The lowest BCUT2D eigenvalue weighted by atomic mass is 9.97. The summed E-state index contributed by atoms with van der Waals surface area (Å²) in [5.74, 6) is 1.75. The van der Waals surface area contributed by atoms with Crippen LogP contribution in [0.5, 0.6) is 0 Å². The maximum Gasteiger partial charge on any atom is 0.183 e. The molecule has 7 nitrogen and oxygen atoms in total. The summed E-state index contributed by atoms with van der Waals surface area (Å²) >= 11 is 1.74. The van der Waals surface area contributed by atoms with Gasteiger partial charge in [-0.2, -0.15) is 0 Å². The molecule has 5 rings (SSSR count). The highest BCUT2D eigenvalue weighted by atomic mass is 32.2. The first-order valence-electron chi connectivity index (χ1n) is 9.15. The normalized spacial score (nSPS) is 19.2. The Labute approximate surface area is 161 Å².